The number of hydrogen-bond acceptors (Lipinski definition) is 8. The Labute approximate surface area is 233 Å². The summed E-state index contributed by atoms with van der Waals surface area (Å²) in [6.07, 6.45) is 7.51. The molecule has 0 amide bonds. The topological polar surface area (TPSA) is 108 Å². The predicted molar refractivity (Wildman–Crippen MR) is 158 cm³/mol. The van der Waals surface area contributed by atoms with Crippen LogP contribution in [0.2, 0.25) is 0 Å². The van der Waals surface area contributed by atoms with E-state index in [-0.39, 0.29) is 5.82 Å². The molecule has 1 saturated heterocycles. The highest BCUT2D eigenvalue weighted by atomic mass is 15.3. The van der Waals surface area contributed by atoms with Crippen molar-refractivity contribution < 1.29 is 0 Å². The fourth-order valence-electron chi connectivity index (χ4n) is 5.28. The number of aromatic nitrogens is 5. The molecule has 10 nitrogen and oxygen atoms in total. The lowest BCUT2D eigenvalue weighted by Crippen LogP contribution is -2.46. The van der Waals surface area contributed by atoms with Crippen LogP contribution in [0.25, 0.3) is 27.8 Å². The molecule has 1 aliphatic heterocycles. The molecule has 1 aliphatic rings. The van der Waals surface area contributed by atoms with Gasteiger partial charge in [0.2, 0.25) is 0 Å². The van der Waals surface area contributed by atoms with Crippen molar-refractivity contribution >= 4 is 22.8 Å². The average Bonchev–Trinajstić information content (AvgIpc) is 3.55. The standard InChI is InChI=1S/C30H32N10/c1-36(2)25-7-4-21(5-8-25)18-38-10-12-39(13-11-38)28-9-6-22(16-33-28)26-14-23(24-17-34-37(3)19-24)20-40-29(26)27(15-31)30(32)35-40/h4-9,14,16-17,19-20H,10-13,18H2,1-3H3,(H2,32,35). The number of nitrogens with zero attached hydrogens (tertiary/aromatic N) is 9. The van der Waals surface area contributed by atoms with Crippen LogP contribution in [0, 0.1) is 11.3 Å². The Morgan fingerprint density at radius 1 is 0.950 bits per heavy atom. The van der Waals surface area contributed by atoms with E-state index in [4.69, 9.17) is 10.7 Å². The maximum absolute atomic E-state index is 9.80. The minimum Gasteiger partial charge on any atom is -0.381 e. The van der Waals surface area contributed by atoms with Crippen LogP contribution in [-0.2, 0) is 13.6 Å². The van der Waals surface area contributed by atoms with E-state index in [1.807, 2.05) is 31.8 Å². The molecule has 5 aromatic rings. The van der Waals surface area contributed by atoms with E-state index < -0.39 is 0 Å². The summed E-state index contributed by atoms with van der Waals surface area (Å²) >= 11 is 0. The summed E-state index contributed by atoms with van der Waals surface area (Å²) in [6.45, 7) is 4.74. The predicted octanol–water partition coefficient (Wildman–Crippen LogP) is 3.64. The zero-order valence-electron chi connectivity index (χ0n) is 23.0. The van der Waals surface area contributed by atoms with Crippen LogP contribution < -0.4 is 15.5 Å². The van der Waals surface area contributed by atoms with E-state index in [1.54, 1.807) is 9.20 Å². The Morgan fingerprint density at radius 2 is 1.73 bits per heavy atom. The first-order chi connectivity index (χ1) is 19.4. The second-order valence-electron chi connectivity index (χ2n) is 10.4. The minimum absolute atomic E-state index is 0.211. The fourth-order valence-corrected chi connectivity index (χ4v) is 5.28. The lowest BCUT2D eigenvalue weighted by molar-refractivity contribution is 0.249. The van der Waals surface area contributed by atoms with Crippen molar-refractivity contribution in [1.82, 2.24) is 29.3 Å². The van der Waals surface area contributed by atoms with E-state index in [0.29, 0.717) is 11.1 Å². The number of nitrogen functional groups attached to an aromatic ring is 1. The SMILES string of the molecule is CN(C)c1ccc(CN2CCN(c3ccc(-c4cc(-c5cnn(C)c5)cn5nc(N)c(C#N)c45)cn3)CC2)cc1. The molecular formula is C30H32N10. The molecule has 0 radical (unpaired) electrons. The highest BCUT2D eigenvalue weighted by Crippen LogP contribution is 2.34. The first-order valence-electron chi connectivity index (χ1n) is 13.3. The van der Waals surface area contributed by atoms with Crippen LogP contribution in [0.3, 0.4) is 0 Å². The number of piperazine rings is 1. The molecule has 202 valence electrons. The summed E-state index contributed by atoms with van der Waals surface area (Å²) in [7, 11) is 6.01. The molecule has 40 heavy (non-hydrogen) atoms. The summed E-state index contributed by atoms with van der Waals surface area (Å²) in [5, 5.41) is 18.5. The average molecular weight is 533 g/mol. The van der Waals surface area contributed by atoms with Crippen molar-refractivity contribution in [3.63, 3.8) is 0 Å². The molecule has 10 heteroatoms. The smallest absolute Gasteiger partial charge is 0.164 e. The molecule has 0 atom stereocenters. The maximum atomic E-state index is 9.80. The van der Waals surface area contributed by atoms with E-state index in [1.165, 1.54) is 11.3 Å². The van der Waals surface area contributed by atoms with Gasteiger partial charge in [0.05, 0.1) is 11.7 Å². The van der Waals surface area contributed by atoms with Crippen molar-refractivity contribution in [1.29, 1.82) is 5.26 Å². The van der Waals surface area contributed by atoms with Gasteiger partial charge in [-0.15, -0.1) is 5.10 Å². The van der Waals surface area contributed by atoms with Crippen LogP contribution in [0.5, 0.6) is 0 Å². The second kappa shape index (κ2) is 10.4. The lowest BCUT2D eigenvalue weighted by atomic mass is 10.0. The molecule has 1 fully saturated rings. The van der Waals surface area contributed by atoms with Crippen LogP contribution >= 0.6 is 0 Å². The van der Waals surface area contributed by atoms with E-state index in [9.17, 15) is 5.26 Å². The number of pyridine rings is 2. The Bertz CT molecular complexity index is 1680. The number of rotatable bonds is 6. The maximum Gasteiger partial charge on any atom is 0.164 e. The molecule has 2 N–H and O–H groups in total. The van der Waals surface area contributed by atoms with Gasteiger partial charge in [0, 0.05) is 100 Å². The third-order valence-electron chi connectivity index (χ3n) is 7.52. The Morgan fingerprint density at radius 3 is 2.35 bits per heavy atom. The third-order valence-corrected chi connectivity index (χ3v) is 7.52. The molecule has 0 unspecified atom stereocenters. The van der Waals surface area contributed by atoms with Gasteiger partial charge >= 0.3 is 0 Å². The number of nitrogens with two attached hydrogens (primary N) is 1. The number of benzene rings is 1. The monoisotopic (exact) mass is 532 g/mol. The molecule has 0 bridgehead atoms. The number of aryl methyl sites for hydroxylation is 1. The van der Waals surface area contributed by atoms with Gasteiger partial charge in [-0.2, -0.15) is 10.4 Å². The zero-order chi connectivity index (χ0) is 27.8. The first kappa shape index (κ1) is 25.4. The summed E-state index contributed by atoms with van der Waals surface area (Å²) < 4.78 is 3.45. The van der Waals surface area contributed by atoms with Crippen LogP contribution in [0.1, 0.15) is 11.1 Å². The summed E-state index contributed by atoms with van der Waals surface area (Å²) in [6, 6.07) is 17.2. The zero-order valence-corrected chi connectivity index (χ0v) is 23.0. The van der Waals surface area contributed by atoms with Gasteiger partial charge in [0.25, 0.3) is 0 Å². The molecule has 6 rings (SSSR count). The largest absolute Gasteiger partial charge is 0.381 e. The molecule has 0 aliphatic carbocycles. The van der Waals surface area contributed by atoms with Crippen molar-refractivity contribution in [2.45, 2.75) is 6.54 Å². The Kier molecular flexibility index (Phi) is 6.58. The van der Waals surface area contributed by atoms with Gasteiger partial charge in [0.15, 0.2) is 5.82 Å². The first-order valence-corrected chi connectivity index (χ1v) is 13.3. The van der Waals surface area contributed by atoms with Crippen LogP contribution in [-0.4, -0.2) is 69.6 Å². The minimum atomic E-state index is 0.211. The van der Waals surface area contributed by atoms with Crippen LogP contribution in [0.15, 0.2) is 67.3 Å². The molecule has 0 spiro atoms. The van der Waals surface area contributed by atoms with Crippen molar-refractivity contribution in [3.05, 3.63) is 78.4 Å². The van der Waals surface area contributed by atoms with Gasteiger partial charge in [-0.05, 0) is 35.9 Å². The summed E-state index contributed by atoms with van der Waals surface area (Å²) in [4.78, 5) is 11.8. The lowest BCUT2D eigenvalue weighted by Gasteiger charge is -2.35. The molecule has 5 heterocycles. The molecule has 1 aromatic carbocycles. The van der Waals surface area contributed by atoms with Crippen LogP contribution in [0.4, 0.5) is 17.3 Å². The van der Waals surface area contributed by atoms with E-state index in [0.717, 1.165) is 60.8 Å². The fraction of sp³-hybridized carbons (Fsp3) is 0.267. The van der Waals surface area contributed by atoms with Crippen molar-refractivity contribution in [3.8, 4) is 28.3 Å². The van der Waals surface area contributed by atoms with Crippen molar-refractivity contribution in [2.75, 3.05) is 55.8 Å². The van der Waals surface area contributed by atoms with E-state index in [2.05, 4.69) is 87.5 Å². The Hall–Kier alpha value is -4.88. The molecule has 0 saturated carbocycles. The normalized spacial score (nSPS) is 14.0. The molecular weight excluding hydrogens is 500 g/mol. The third kappa shape index (κ3) is 4.83. The number of nitriles is 1. The quantitative estimate of drug-likeness (QED) is 0.353. The van der Waals surface area contributed by atoms with Gasteiger partial charge in [0.1, 0.15) is 17.5 Å². The van der Waals surface area contributed by atoms with Gasteiger partial charge in [-0.1, -0.05) is 12.1 Å². The highest BCUT2D eigenvalue weighted by Gasteiger charge is 2.20. The number of hydrogen-bond donors (Lipinski definition) is 1. The van der Waals surface area contributed by atoms with Gasteiger partial charge in [-0.3, -0.25) is 9.58 Å². The van der Waals surface area contributed by atoms with Crippen molar-refractivity contribution in [2.24, 2.45) is 7.05 Å². The van der Waals surface area contributed by atoms with Gasteiger partial charge < -0.3 is 15.5 Å². The van der Waals surface area contributed by atoms with E-state index >= 15 is 0 Å². The second-order valence-corrected chi connectivity index (χ2v) is 10.4. The number of anilines is 3. The highest BCUT2D eigenvalue weighted by molar-refractivity contribution is 5.90. The molecule has 4 aromatic heterocycles. The Balaban J connectivity index is 1.21. The summed E-state index contributed by atoms with van der Waals surface area (Å²) in [5.41, 5.74) is 13.3. The summed E-state index contributed by atoms with van der Waals surface area (Å²) in [5.74, 6) is 1.16. The number of fused-ring (bicyclic) bond motifs is 1. The van der Waals surface area contributed by atoms with Gasteiger partial charge in [-0.25, -0.2) is 9.50 Å².